The summed E-state index contributed by atoms with van der Waals surface area (Å²) >= 11 is 0. The molecule has 4 aromatic rings. The monoisotopic (exact) mass is 528 g/mol. The Morgan fingerprint density at radius 2 is 1.85 bits per heavy atom. The van der Waals surface area contributed by atoms with Gasteiger partial charge in [-0.2, -0.15) is 0 Å². The zero-order chi connectivity index (χ0) is 27.2. The van der Waals surface area contributed by atoms with E-state index >= 15 is 0 Å². The predicted molar refractivity (Wildman–Crippen MR) is 139 cm³/mol. The van der Waals surface area contributed by atoms with Crippen molar-refractivity contribution in [1.29, 1.82) is 0 Å². The molecule has 1 fully saturated rings. The molecule has 1 aliphatic rings. The van der Waals surface area contributed by atoms with Crippen molar-refractivity contribution in [3.05, 3.63) is 120 Å². The van der Waals surface area contributed by atoms with Crippen molar-refractivity contribution in [3.63, 3.8) is 0 Å². The van der Waals surface area contributed by atoms with Crippen LogP contribution in [0.15, 0.2) is 95.7 Å². The van der Waals surface area contributed by atoms with Gasteiger partial charge in [-0.25, -0.2) is 9.18 Å². The maximum absolute atomic E-state index is 13.8. The zero-order valence-electron chi connectivity index (χ0n) is 20.7. The van der Waals surface area contributed by atoms with Crippen LogP contribution in [0.2, 0.25) is 0 Å². The summed E-state index contributed by atoms with van der Waals surface area (Å²) in [6.07, 6.45) is 1.98. The lowest BCUT2D eigenvalue weighted by atomic mass is 10.00. The van der Waals surface area contributed by atoms with Gasteiger partial charge in [-0.15, -0.1) is 0 Å². The van der Waals surface area contributed by atoms with Gasteiger partial charge < -0.3 is 19.8 Å². The minimum Gasteiger partial charge on any atom is -0.459 e. The van der Waals surface area contributed by atoms with E-state index in [4.69, 9.17) is 9.15 Å². The second-order valence-corrected chi connectivity index (χ2v) is 8.92. The molecular formula is C29H25FN4O5. The Hall–Kier alpha value is -4.99. The number of carbonyl (C=O) groups excluding carboxylic acids is 3. The number of anilines is 1. The molecule has 3 amide bonds. The Morgan fingerprint density at radius 1 is 1.00 bits per heavy atom. The van der Waals surface area contributed by atoms with Gasteiger partial charge in [0.25, 0.3) is 5.91 Å². The number of ether oxygens (including phenoxy) is 1. The Bertz CT molecular complexity index is 1440. The number of nitrogens with zero attached hydrogens (tertiary/aromatic N) is 2. The molecule has 2 atom stereocenters. The number of amides is 3. The Labute approximate surface area is 223 Å². The molecule has 0 spiro atoms. The highest BCUT2D eigenvalue weighted by Gasteiger charge is 2.46. The second-order valence-electron chi connectivity index (χ2n) is 8.92. The van der Waals surface area contributed by atoms with Gasteiger partial charge in [0.2, 0.25) is 5.91 Å². The first kappa shape index (κ1) is 25.7. The molecule has 3 heterocycles. The first-order chi connectivity index (χ1) is 19.0. The van der Waals surface area contributed by atoms with Crippen LogP contribution in [0.1, 0.15) is 33.5 Å². The summed E-state index contributed by atoms with van der Waals surface area (Å²) in [6.45, 7) is 0.293. The number of aromatic nitrogens is 1. The number of hydrogen-bond donors (Lipinski definition) is 2. The molecule has 2 N–H and O–H groups in total. The van der Waals surface area contributed by atoms with Gasteiger partial charge in [0.15, 0.2) is 17.9 Å². The van der Waals surface area contributed by atoms with Crippen LogP contribution < -0.4 is 10.6 Å². The summed E-state index contributed by atoms with van der Waals surface area (Å²) in [6, 6.07) is 20.2. The topological polar surface area (TPSA) is 114 Å². The summed E-state index contributed by atoms with van der Waals surface area (Å²) in [5, 5.41) is 5.60. The average Bonchev–Trinajstić information content (AvgIpc) is 3.59. The fourth-order valence-corrected chi connectivity index (χ4v) is 4.36. The molecule has 9 nitrogen and oxygen atoms in total. The van der Waals surface area contributed by atoms with Gasteiger partial charge in [-0.3, -0.25) is 19.5 Å². The van der Waals surface area contributed by atoms with Crippen molar-refractivity contribution >= 4 is 23.6 Å². The van der Waals surface area contributed by atoms with Crippen molar-refractivity contribution < 1.29 is 27.9 Å². The maximum atomic E-state index is 13.8. The molecule has 1 saturated heterocycles. The van der Waals surface area contributed by atoms with Gasteiger partial charge in [0, 0.05) is 30.5 Å². The lowest BCUT2D eigenvalue weighted by Gasteiger charge is -2.24. The molecule has 2 unspecified atom stereocenters. The van der Waals surface area contributed by atoms with Crippen LogP contribution >= 0.6 is 0 Å². The largest absolute Gasteiger partial charge is 0.459 e. The third-order valence-electron chi connectivity index (χ3n) is 6.24. The lowest BCUT2D eigenvalue weighted by molar-refractivity contribution is -0.126. The van der Waals surface area contributed by atoms with Crippen LogP contribution in [-0.4, -0.2) is 40.4 Å². The highest BCUT2D eigenvalue weighted by atomic mass is 19.1. The van der Waals surface area contributed by atoms with Crippen LogP contribution in [0, 0.1) is 5.82 Å². The SMILES string of the molecule is O=C(Nc1ccc(C2OC(=O)N(Cc3cccc(F)c3)C2C(=O)NCCc2ccccn2)cc1)c1ccco1. The van der Waals surface area contributed by atoms with Crippen LogP contribution in [0.25, 0.3) is 0 Å². The van der Waals surface area contributed by atoms with E-state index in [0.29, 0.717) is 29.8 Å². The molecule has 2 aromatic heterocycles. The van der Waals surface area contributed by atoms with Crippen LogP contribution in [0.3, 0.4) is 0 Å². The summed E-state index contributed by atoms with van der Waals surface area (Å²) in [5.74, 6) is -1.10. The molecule has 2 aromatic carbocycles. The average molecular weight is 529 g/mol. The number of rotatable bonds is 9. The van der Waals surface area contributed by atoms with E-state index in [9.17, 15) is 18.8 Å². The summed E-state index contributed by atoms with van der Waals surface area (Å²) in [4.78, 5) is 44.2. The number of carbonyl (C=O) groups is 3. The third kappa shape index (κ3) is 6.12. The summed E-state index contributed by atoms with van der Waals surface area (Å²) < 4.78 is 24.6. The van der Waals surface area contributed by atoms with Crippen molar-refractivity contribution in [1.82, 2.24) is 15.2 Å². The molecule has 5 rings (SSSR count). The van der Waals surface area contributed by atoms with Crippen molar-refractivity contribution in [2.75, 3.05) is 11.9 Å². The Kier molecular flexibility index (Phi) is 7.63. The molecule has 39 heavy (non-hydrogen) atoms. The molecule has 198 valence electrons. The number of halogens is 1. The predicted octanol–water partition coefficient (Wildman–Crippen LogP) is 4.49. The van der Waals surface area contributed by atoms with E-state index in [1.807, 2.05) is 18.2 Å². The molecule has 0 saturated carbocycles. The number of furan rings is 1. The van der Waals surface area contributed by atoms with Gasteiger partial charge in [0.05, 0.1) is 12.8 Å². The van der Waals surface area contributed by atoms with Crippen LogP contribution in [0.5, 0.6) is 0 Å². The van der Waals surface area contributed by atoms with Crippen LogP contribution in [0.4, 0.5) is 14.9 Å². The minimum atomic E-state index is -1.01. The van der Waals surface area contributed by atoms with E-state index in [1.54, 1.807) is 54.7 Å². The van der Waals surface area contributed by atoms with Gasteiger partial charge in [0.1, 0.15) is 5.82 Å². The Morgan fingerprint density at radius 3 is 2.56 bits per heavy atom. The van der Waals surface area contributed by atoms with Gasteiger partial charge in [-0.05, 0) is 59.7 Å². The molecule has 1 aliphatic heterocycles. The fraction of sp³-hybridized carbons (Fsp3) is 0.172. The highest BCUT2D eigenvalue weighted by molar-refractivity contribution is 6.02. The number of cyclic esters (lactones) is 1. The fourth-order valence-electron chi connectivity index (χ4n) is 4.36. The first-order valence-corrected chi connectivity index (χ1v) is 12.3. The third-order valence-corrected chi connectivity index (χ3v) is 6.24. The van der Waals surface area contributed by atoms with Gasteiger partial charge >= 0.3 is 6.09 Å². The van der Waals surface area contributed by atoms with E-state index in [0.717, 1.165) is 5.69 Å². The number of pyridine rings is 1. The van der Waals surface area contributed by atoms with Gasteiger partial charge in [-0.1, -0.05) is 30.3 Å². The summed E-state index contributed by atoms with van der Waals surface area (Å²) in [5.41, 5.74) is 2.40. The molecule has 0 radical (unpaired) electrons. The molecular weight excluding hydrogens is 503 g/mol. The minimum absolute atomic E-state index is 0.0112. The van der Waals surface area contributed by atoms with E-state index < -0.39 is 35.9 Å². The standard InChI is InChI=1S/C29H25FN4O5/c30-21-6-3-5-19(17-21)18-34-25(28(36)32-15-13-22-7-1-2-14-31-22)26(39-29(34)37)20-9-11-23(12-10-20)33-27(35)24-8-4-16-38-24/h1-12,14,16-17,25-26H,13,15,18H2,(H,32,36)(H,33,35). The van der Waals surface area contributed by atoms with Crippen LogP contribution in [-0.2, 0) is 22.5 Å². The summed E-state index contributed by atoms with van der Waals surface area (Å²) in [7, 11) is 0. The highest BCUT2D eigenvalue weighted by Crippen LogP contribution is 2.34. The zero-order valence-corrected chi connectivity index (χ0v) is 20.7. The lowest BCUT2D eigenvalue weighted by Crippen LogP contribution is -2.46. The molecule has 0 bridgehead atoms. The number of benzene rings is 2. The number of hydrogen-bond acceptors (Lipinski definition) is 6. The molecule has 10 heteroatoms. The smallest absolute Gasteiger partial charge is 0.411 e. The van der Waals surface area contributed by atoms with E-state index in [2.05, 4.69) is 15.6 Å². The van der Waals surface area contributed by atoms with E-state index in [1.165, 1.54) is 23.3 Å². The van der Waals surface area contributed by atoms with Crippen molar-refractivity contribution in [2.24, 2.45) is 0 Å². The van der Waals surface area contributed by atoms with Crippen molar-refractivity contribution in [3.8, 4) is 0 Å². The van der Waals surface area contributed by atoms with Crippen molar-refractivity contribution in [2.45, 2.75) is 25.1 Å². The normalized spacial score (nSPS) is 16.5. The van der Waals surface area contributed by atoms with E-state index in [-0.39, 0.29) is 12.3 Å². The number of nitrogens with one attached hydrogen (secondary N) is 2. The maximum Gasteiger partial charge on any atom is 0.411 e. The first-order valence-electron chi connectivity index (χ1n) is 12.3. The Balaban J connectivity index is 1.34. The second kappa shape index (κ2) is 11.6. The molecule has 0 aliphatic carbocycles. The quantitative estimate of drug-likeness (QED) is 0.331.